The first-order chi connectivity index (χ1) is 22.7. The molecule has 0 heterocycles. The van der Waals surface area contributed by atoms with Crippen LogP contribution in [0.3, 0.4) is 0 Å². The molecule has 0 atom stereocenters. The summed E-state index contributed by atoms with van der Waals surface area (Å²) < 4.78 is 46.2. The third-order valence-corrected chi connectivity index (χ3v) is 8.11. The van der Waals surface area contributed by atoms with Gasteiger partial charge in [-0.15, -0.1) is 20.5 Å². The molecular weight excluding hydrogens is 622 g/mol. The first kappa shape index (κ1) is 31.0. The maximum absolute atomic E-state index is 12.4. The van der Waals surface area contributed by atoms with Crippen LogP contribution in [0.2, 0.25) is 0 Å². The lowest BCUT2D eigenvalue weighted by molar-refractivity contribution is 0.419. The average molecular weight is 650 g/mol. The van der Waals surface area contributed by atoms with Crippen LogP contribution in [-0.2, 0) is 10.1 Å². The quantitative estimate of drug-likeness (QED) is 0.0885. The molecule has 0 aliphatic heterocycles. The van der Waals surface area contributed by atoms with E-state index in [1.54, 1.807) is 61.7 Å². The monoisotopic (exact) mass is 649 g/mol. The van der Waals surface area contributed by atoms with E-state index in [-0.39, 0.29) is 28.6 Å². The number of nitrogens with one attached hydrogen (secondary N) is 1. The summed E-state index contributed by atoms with van der Waals surface area (Å²) in [6, 6.07) is 28.6. The van der Waals surface area contributed by atoms with E-state index in [0.717, 1.165) is 16.5 Å². The van der Waals surface area contributed by atoms with Gasteiger partial charge in [0.15, 0.2) is 11.5 Å². The van der Waals surface area contributed by atoms with Gasteiger partial charge in [0.05, 0.1) is 14.2 Å². The normalized spacial score (nSPS) is 11.9. The number of phenolic OH excluding ortho intramolecular Hbond substituents is 2. The Labute approximate surface area is 269 Å². The maximum atomic E-state index is 12.4. The van der Waals surface area contributed by atoms with Crippen LogP contribution in [0.1, 0.15) is 0 Å². The molecular formula is C34H27N5O7S. The van der Waals surface area contributed by atoms with Gasteiger partial charge in [-0.2, -0.15) is 8.42 Å². The number of rotatable bonds is 9. The van der Waals surface area contributed by atoms with Crippen molar-refractivity contribution in [2.24, 2.45) is 20.5 Å². The smallest absolute Gasteiger partial charge is 0.296 e. The third-order valence-electron chi connectivity index (χ3n) is 7.24. The lowest BCUT2D eigenvalue weighted by atomic mass is 10.1. The SMILES string of the molecule is COc1c(N=Nc2ccccc2O)ccc2cc(Nc3ccc4c(OC)c(N=Nc5ccccc5O)c(S(=O)(=O)O)cc4c3)ccc12. The van der Waals surface area contributed by atoms with Gasteiger partial charge in [-0.25, -0.2) is 0 Å². The Hall–Kier alpha value is -6.05. The van der Waals surface area contributed by atoms with Crippen molar-refractivity contribution in [3.8, 4) is 23.0 Å². The van der Waals surface area contributed by atoms with Crippen LogP contribution in [0.4, 0.5) is 34.1 Å². The number of hydrogen-bond donors (Lipinski definition) is 4. The molecule has 47 heavy (non-hydrogen) atoms. The van der Waals surface area contributed by atoms with Crippen molar-refractivity contribution in [3.05, 3.63) is 103 Å². The van der Waals surface area contributed by atoms with Crippen molar-refractivity contribution in [1.29, 1.82) is 0 Å². The molecule has 0 aliphatic carbocycles. The zero-order valence-corrected chi connectivity index (χ0v) is 25.8. The Morgan fingerprint density at radius 2 is 1.13 bits per heavy atom. The summed E-state index contributed by atoms with van der Waals surface area (Å²) in [5.41, 5.74) is 2.08. The molecule has 6 rings (SSSR count). The van der Waals surface area contributed by atoms with Gasteiger partial charge in [-0.1, -0.05) is 30.3 Å². The number of benzene rings is 6. The maximum Gasteiger partial charge on any atom is 0.296 e. The number of azo groups is 2. The zero-order valence-electron chi connectivity index (χ0n) is 25.0. The molecule has 6 aromatic rings. The number of ether oxygens (including phenoxy) is 2. The highest BCUT2D eigenvalue weighted by Crippen LogP contribution is 2.44. The molecule has 0 bridgehead atoms. The zero-order chi connectivity index (χ0) is 33.1. The molecule has 0 aliphatic rings. The lowest BCUT2D eigenvalue weighted by Crippen LogP contribution is -2.01. The highest BCUT2D eigenvalue weighted by Gasteiger charge is 2.23. The van der Waals surface area contributed by atoms with Crippen LogP contribution in [-0.4, -0.2) is 37.4 Å². The van der Waals surface area contributed by atoms with Crippen LogP contribution < -0.4 is 14.8 Å². The molecule has 0 aromatic heterocycles. The van der Waals surface area contributed by atoms with Crippen LogP contribution in [0.5, 0.6) is 23.0 Å². The summed E-state index contributed by atoms with van der Waals surface area (Å²) >= 11 is 0. The standard InChI is InChI=1S/C34H27N5O7S/c1-45-33-24-14-12-22(17-20(24)11-16-28(33)38-36-26-7-3-5-9-29(26)40)35-23-13-15-25-21(18-23)19-31(47(42,43)44)32(34(25)46-2)39-37-27-8-4-6-10-30(27)41/h3-19,35,40-41H,1-2H3,(H,42,43,44). The van der Waals surface area contributed by atoms with Gasteiger partial charge in [0.25, 0.3) is 10.1 Å². The summed E-state index contributed by atoms with van der Waals surface area (Å²) in [6.45, 7) is 0. The van der Waals surface area contributed by atoms with E-state index in [1.165, 1.54) is 31.4 Å². The minimum absolute atomic E-state index is 0.0169. The lowest BCUT2D eigenvalue weighted by Gasteiger charge is -2.14. The van der Waals surface area contributed by atoms with E-state index in [0.29, 0.717) is 33.6 Å². The number of fused-ring (bicyclic) bond motifs is 2. The molecule has 0 saturated heterocycles. The van der Waals surface area contributed by atoms with E-state index in [2.05, 4.69) is 25.8 Å². The molecule has 13 heteroatoms. The van der Waals surface area contributed by atoms with Crippen molar-refractivity contribution in [2.45, 2.75) is 4.90 Å². The molecule has 12 nitrogen and oxygen atoms in total. The number of para-hydroxylation sites is 2. The Bertz CT molecular complexity index is 2330. The number of phenols is 2. The second-order valence-corrected chi connectivity index (χ2v) is 11.6. The Morgan fingerprint density at radius 1 is 0.596 bits per heavy atom. The van der Waals surface area contributed by atoms with Crippen LogP contribution >= 0.6 is 0 Å². The summed E-state index contributed by atoms with van der Waals surface area (Å²) in [5.74, 6) is 0.457. The molecule has 6 aromatic carbocycles. The van der Waals surface area contributed by atoms with Gasteiger partial charge < -0.3 is 25.0 Å². The number of methoxy groups -OCH3 is 2. The van der Waals surface area contributed by atoms with E-state index in [1.807, 2.05) is 24.3 Å². The van der Waals surface area contributed by atoms with Crippen molar-refractivity contribution < 1.29 is 32.7 Å². The van der Waals surface area contributed by atoms with E-state index < -0.39 is 15.0 Å². The molecule has 0 amide bonds. The molecule has 0 unspecified atom stereocenters. The highest BCUT2D eigenvalue weighted by atomic mass is 32.2. The summed E-state index contributed by atoms with van der Waals surface area (Å²) in [4.78, 5) is -0.508. The minimum Gasteiger partial charge on any atom is -0.506 e. The number of anilines is 2. The van der Waals surface area contributed by atoms with E-state index in [4.69, 9.17) is 9.47 Å². The molecule has 0 spiro atoms. The Kier molecular flexibility index (Phi) is 8.40. The molecule has 0 saturated carbocycles. The van der Waals surface area contributed by atoms with Crippen LogP contribution in [0.15, 0.2) is 128 Å². The molecule has 0 fully saturated rings. The van der Waals surface area contributed by atoms with Crippen LogP contribution in [0.25, 0.3) is 21.5 Å². The number of aromatic hydroxyl groups is 2. The second kappa shape index (κ2) is 12.7. The van der Waals surface area contributed by atoms with Crippen molar-refractivity contribution >= 4 is 65.8 Å². The fraction of sp³-hybridized carbons (Fsp3) is 0.0588. The molecule has 4 N–H and O–H groups in total. The van der Waals surface area contributed by atoms with Crippen molar-refractivity contribution in [2.75, 3.05) is 19.5 Å². The molecule has 0 radical (unpaired) electrons. The average Bonchev–Trinajstić information content (AvgIpc) is 3.06. The number of nitrogens with zero attached hydrogens (tertiary/aromatic N) is 4. The van der Waals surface area contributed by atoms with E-state index in [9.17, 15) is 23.2 Å². The van der Waals surface area contributed by atoms with Gasteiger partial charge >= 0.3 is 0 Å². The minimum atomic E-state index is -4.76. The predicted molar refractivity (Wildman–Crippen MR) is 179 cm³/mol. The highest BCUT2D eigenvalue weighted by molar-refractivity contribution is 7.86. The number of hydrogen-bond acceptors (Lipinski definition) is 11. The predicted octanol–water partition coefficient (Wildman–Crippen LogP) is 9.24. The third kappa shape index (κ3) is 6.38. The Morgan fingerprint density at radius 3 is 1.70 bits per heavy atom. The summed E-state index contributed by atoms with van der Waals surface area (Å²) in [6.07, 6.45) is 0. The topological polar surface area (TPSA) is 175 Å². The first-order valence-electron chi connectivity index (χ1n) is 14.1. The summed E-state index contributed by atoms with van der Waals surface area (Å²) in [5, 5.41) is 42.5. The Balaban J connectivity index is 1.34. The van der Waals surface area contributed by atoms with Gasteiger partial charge in [0.1, 0.15) is 39.1 Å². The molecule has 236 valence electrons. The largest absolute Gasteiger partial charge is 0.506 e. The van der Waals surface area contributed by atoms with Gasteiger partial charge in [-0.3, -0.25) is 4.55 Å². The van der Waals surface area contributed by atoms with Gasteiger partial charge in [0.2, 0.25) is 0 Å². The second-order valence-electron chi connectivity index (χ2n) is 10.2. The van der Waals surface area contributed by atoms with Gasteiger partial charge in [0, 0.05) is 22.1 Å². The summed E-state index contributed by atoms with van der Waals surface area (Å²) in [7, 11) is -1.86. The fourth-order valence-electron chi connectivity index (χ4n) is 5.05. The van der Waals surface area contributed by atoms with Crippen molar-refractivity contribution in [1.82, 2.24) is 0 Å². The van der Waals surface area contributed by atoms with Crippen LogP contribution in [0, 0.1) is 0 Å². The van der Waals surface area contributed by atoms with Crippen molar-refractivity contribution in [3.63, 3.8) is 0 Å². The fourth-order valence-corrected chi connectivity index (χ4v) is 5.70. The van der Waals surface area contributed by atoms with E-state index >= 15 is 0 Å². The van der Waals surface area contributed by atoms with Gasteiger partial charge in [-0.05, 0) is 83.6 Å². The first-order valence-corrected chi connectivity index (χ1v) is 15.5.